The van der Waals surface area contributed by atoms with Gasteiger partial charge >= 0.3 is 0 Å². The molecule has 0 saturated heterocycles. The molecule has 1 heterocycles. The summed E-state index contributed by atoms with van der Waals surface area (Å²) in [6.07, 6.45) is 2.42. The van der Waals surface area contributed by atoms with Crippen molar-refractivity contribution in [3.63, 3.8) is 0 Å². The molecule has 0 aromatic heterocycles. The van der Waals surface area contributed by atoms with Crippen LogP contribution in [0.1, 0.15) is 38.2 Å². The van der Waals surface area contributed by atoms with Crippen LogP contribution in [0.2, 0.25) is 0 Å². The number of carbonyl (C=O) groups is 1. The molecule has 3 rings (SSSR count). The number of methoxy groups -OCH3 is 1. The standard InChI is InChI=1S/C22H28F4N2O3/c1-3-31-18-17(12-27-19(18)22(25,26)13-23)20(29)28-16-8-10-21(30-2,11-9-16)14-4-6-15(24)7-5-14/h4-7,16,19,27H,3,8-13H2,1-2H3,(H,28,29). The van der Waals surface area contributed by atoms with Gasteiger partial charge in [-0.2, -0.15) is 0 Å². The first-order valence-electron chi connectivity index (χ1n) is 10.4. The van der Waals surface area contributed by atoms with Crippen LogP contribution in [0.4, 0.5) is 17.6 Å². The third-order valence-corrected chi connectivity index (χ3v) is 6.11. The van der Waals surface area contributed by atoms with Gasteiger partial charge in [-0.25, -0.2) is 17.6 Å². The fourth-order valence-electron chi connectivity index (χ4n) is 4.36. The van der Waals surface area contributed by atoms with Gasteiger partial charge in [0.2, 0.25) is 0 Å². The average molecular weight is 444 g/mol. The van der Waals surface area contributed by atoms with E-state index in [0.29, 0.717) is 25.7 Å². The fourth-order valence-corrected chi connectivity index (χ4v) is 4.36. The summed E-state index contributed by atoms with van der Waals surface area (Å²) < 4.78 is 65.0. The molecule has 1 fully saturated rings. The maximum Gasteiger partial charge on any atom is 0.298 e. The Balaban J connectivity index is 1.68. The Labute approximate surface area is 179 Å². The van der Waals surface area contributed by atoms with Gasteiger partial charge in [-0.1, -0.05) is 12.1 Å². The molecule has 0 radical (unpaired) electrons. The van der Waals surface area contributed by atoms with Gasteiger partial charge in [0.05, 0.1) is 17.8 Å². The normalized spacial score (nSPS) is 26.8. The minimum Gasteiger partial charge on any atom is -0.496 e. The summed E-state index contributed by atoms with van der Waals surface area (Å²) in [5, 5.41) is 5.39. The van der Waals surface area contributed by atoms with E-state index in [9.17, 15) is 22.4 Å². The minimum atomic E-state index is -3.66. The first kappa shape index (κ1) is 23.5. The monoisotopic (exact) mass is 444 g/mol. The second-order valence-corrected chi connectivity index (χ2v) is 7.94. The molecule has 1 saturated carbocycles. The summed E-state index contributed by atoms with van der Waals surface area (Å²) in [6, 6.07) is 4.35. The molecule has 1 amide bonds. The molecule has 1 aromatic rings. The molecule has 1 unspecified atom stereocenters. The molecule has 31 heavy (non-hydrogen) atoms. The number of hydrogen-bond donors (Lipinski definition) is 2. The van der Waals surface area contributed by atoms with Crippen LogP contribution in [-0.4, -0.2) is 50.8 Å². The lowest BCUT2D eigenvalue weighted by atomic mass is 9.77. The lowest BCUT2D eigenvalue weighted by Crippen LogP contribution is -2.45. The van der Waals surface area contributed by atoms with Crippen molar-refractivity contribution in [2.24, 2.45) is 0 Å². The maximum atomic E-state index is 13.9. The Bertz CT molecular complexity index is 805. The Kier molecular flexibility index (Phi) is 7.26. The van der Waals surface area contributed by atoms with Crippen LogP contribution in [0.25, 0.3) is 0 Å². The SMILES string of the molecule is CCOC1=C(C(=O)NC2CCC(OC)(c3ccc(F)cc3)CC2)CNC1C(F)(F)CF. The Morgan fingerprint density at radius 1 is 1.26 bits per heavy atom. The molecule has 2 N–H and O–H groups in total. The van der Waals surface area contributed by atoms with Crippen molar-refractivity contribution in [3.8, 4) is 0 Å². The smallest absolute Gasteiger partial charge is 0.298 e. The topological polar surface area (TPSA) is 59.6 Å². The van der Waals surface area contributed by atoms with Crippen molar-refractivity contribution >= 4 is 5.91 Å². The number of halogens is 4. The molecular weight excluding hydrogens is 416 g/mol. The van der Waals surface area contributed by atoms with Gasteiger partial charge < -0.3 is 14.8 Å². The quantitative estimate of drug-likeness (QED) is 0.602. The molecule has 0 bridgehead atoms. The van der Waals surface area contributed by atoms with Crippen LogP contribution >= 0.6 is 0 Å². The predicted molar refractivity (Wildman–Crippen MR) is 107 cm³/mol. The number of amides is 1. The number of nitrogens with one attached hydrogen (secondary N) is 2. The number of benzene rings is 1. The van der Waals surface area contributed by atoms with Gasteiger partial charge in [-0.15, -0.1) is 0 Å². The van der Waals surface area contributed by atoms with E-state index >= 15 is 0 Å². The molecule has 1 atom stereocenters. The van der Waals surface area contributed by atoms with Gasteiger partial charge in [0.1, 0.15) is 17.6 Å². The number of rotatable bonds is 8. The van der Waals surface area contributed by atoms with E-state index in [1.807, 2.05) is 0 Å². The van der Waals surface area contributed by atoms with Crippen LogP contribution in [0, 0.1) is 5.82 Å². The summed E-state index contributed by atoms with van der Waals surface area (Å²) in [5.74, 6) is -4.68. The summed E-state index contributed by atoms with van der Waals surface area (Å²) in [6.45, 7) is -0.260. The molecular formula is C22H28F4N2O3. The van der Waals surface area contributed by atoms with E-state index in [1.165, 1.54) is 12.1 Å². The first-order valence-corrected chi connectivity index (χ1v) is 10.4. The molecule has 1 aromatic carbocycles. The van der Waals surface area contributed by atoms with Crippen LogP contribution in [-0.2, 0) is 19.9 Å². The van der Waals surface area contributed by atoms with Crippen LogP contribution in [0.3, 0.4) is 0 Å². The zero-order valence-electron chi connectivity index (χ0n) is 17.7. The van der Waals surface area contributed by atoms with Crippen molar-refractivity contribution < 1.29 is 31.8 Å². The third-order valence-electron chi connectivity index (χ3n) is 6.11. The Hall–Kier alpha value is -2.13. The zero-order valence-corrected chi connectivity index (χ0v) is 17.7. The van der Waals surface area contributed by atoms with Crippen molar-refractivity contribution in [2.45, 2.75) is 56.2 Å². The van der Waals surface area contributed by atoms with Gasteiger partial charge in [0.15, 0.2) is 6.67 Å². The first-order chi connectivity index (χ1) is 14.8. The second-order valence-electron chi connectivity index (χ2n) is 7.94. The summed E-state index contributed by atoms with van der Waals surface area (Å²) >= 11 is 0. The number of alkyl halides is 3. The average Bonchev–Trinajstić information content (AvgIpc) is 3.20. The number of hydrogen-bond acceptors (Lipinski definition) is 4. The summed E-state index contributed by atoms with van der Waals surface area (Å²) in [4.78, 5) is 12.8. The summed E-state index contributed by atoms with van der Waals surface area (Å²) in [5.41, 5.74) is 0.384. The van der Waals surface area contributed by atoms with E-state index in [0.717, 1.165) is 5.56 Å². The van der Waals surface area contributed by atoms with E-state index in [-0.39, 0.29) is 36.3 Å². The van der Waals surface area contributed by atoms with Crippen molar-refractivity contribution in [1.29, 1.82) is 0 Å². The van der Waals surface area contributed by atoms with Gasteiger partial charge in [-0.3, -0.25) is 10.1 Å². The van der Waals surface area contributed by atoms with Crippen molar-refractivity contribution in [2.75, 3.05) is 26.9 Å². The van der Waals surface area contributed by atoms with Crippen molar-refractivity contribution in [3.05, 3.63) is 47.0 Å². The maximum absolute atomic E-state index is 13.9. The number of ether oxygens (including phenoxy) is 2. The van der Waals surface area contributed by atoms with Gasteiger partial charge in [-0.05, 0) is 50.3 Å². The van der Waals surface area contributed by atoms with Crippen LogP contribution < -0.4 is 10.6 Å². The molecule has 9 heteroatoms. The highest BCUT2D eigenvalue weighted by Crippen LogP contribution is 2.40. The minimum absolute atomic E-state index is 0.0714. The van der Waals surface area contributed by atoms with E-state index < -0.39 is 30.1 Å². The van der Waals surface area contributed by atoms with E-state index in [2.05, 4.69) is 10.6 Å². The molecule has 5 nitrogen and oxygen atoms in total. The van der Waals surface area contributed by atoms with E-state index in [1.54, 1.807) is 26.2 Å². The largest absolute Gasteiger partial charge is 0.496 e. The molecule has 2 aliphatic rings. The van der Waals surface area contributed by atoms with Crippen molar-refractivity contribution in [1.82, 2.24) is 10.6 Å². The Morgan fingerprint density at radius 3 is 2.45 bits per heavy atom. The highest BCUT2D eigenvalue weighted by Gasteiger charge is 2.48. The Morgan fingerprint density at radius 2 is 1.90 bits per heavy atom. The highest BCUT2D eigenvalue weighted by molar-refractivity contribution is 5.95. The predicted octanol–water partition coefficient (Wildman–Crippen LogP) is 3.59. The summed E-state index contributed by atoms with van der Waals surface area (Å²) in [7, 11) is 1.61. The molecule has 172 valence electrons. The van der Waals surface area contributed by atoms with Gasteiger partial charge in [0, 0.05) is 19.7 Å². The lowest BCUT2D eigenvalue weighted by Gasteiger charge is -2.39. The molecule has 0 spiro atoms. The zero-order chi connectivity index (χ0) is 22.6. The van der Waals surface area contributed by atoms with Crippen LogP contribution in [0.15, 0.2) is 35.6 Å². The highest BCUT2D eigenvalue weighted by atomic mass is 19.3. The molecule has 1 aliphatic heterocycles. The molecule has 1 aliphatic carbocycles. The van der Waals surface area contributed by atoms with Crippen LogP contribution in [0.5, 0.6) is 0 Å². The second kappa shape index (κ2) is 9.56. The lowest BCUT2D eigenvalue weighted by molar-refractivity contribution is -0.119. The van der Waals surface area contributed by atoms with Gasteiger partial charge in [0.25, 0.3) is 11.8 Å². The number of carbonyl (C=O) groups excluding carboxylic acids is 1. The van der Waals surface area contributed by atoms with E-state index in [4.69, 9.17) is 9.47 Å². The fraction of sp³-hybridized carbons (Fsp3) is 0.591. The third kappa shape index (κ3) is 4.87.